The minimum atomic E-state index is -3.52. The maximum atomic E-state index is 12.6. The SMILES string of the molecule is CCc1ncc(S(=O)(=O)N(CC)Cc2ccc(Br)s2)[nH]1. The number of sulfonamides is 1. The van der Waals surface area contributed by atoms with E-state index in [1.165, 1.54) is 21.8 Å². The Hall–Kier alpha value is -0.700. The molecule has 1 N–H and O–H groups in total. The third kappa shape index (κ3) is 3.30. The molecular formula is C12H16BrN3O2S2. The second kappa shape index (κ2) is 6.38. The number of hydrogen-bond acceptors (Lipinski definition) is 4. The van der Waals surface area contributed by atoms with Crippen molar-refractivity contribution in [3.8, 4) is 0 Å². The molecule has 20 heavy (non-hydrogen) atoms. The highest BCUT2D eigenvalue weighted by Crippen LogP contribution is 2.25. The van der Waals surface area contributed by atoms with Crippen LogP contribution in [0.3, 0.4) is 0 Å². The van der Waals surface area contributed by atoms with E-state index >= 15 is 0 Å². The normalized spacial score (nSPS) is 12.2. The molecule has 0 aliphatic carbocycles. The van der Waals surface area contributed by atoms with E-state index in [0.717, 1.165) is 8.66 Å². The summed E-state index contributed by atoms with van der Waals surface area (Å²) in [5, 5.41) is 0.159. The lowest BCUT2D eigenvalue weighted by atomic mass is 10.4. The fourth-order valence-electron chi connectivity index (χ4n) is 1.77. The number of aryl methyl sites for hydroxylation is 1. The highest BCUT2D eigenvalue weighted by molar-refractivity contribution is 9.11. The van der Waals surface area contributed by atoms with Crippen molar-refractivity contribution in [2.45, 2.75) is 31.8 Å². The molecule has 5 nitrogen and oxygen atoms in total. The van der Waals surface area contributed by atoms with Crippen LogP contribution >= 0.6 is 27.3 Å². The van der Waals surface area contributed by atoms with Gasteiger partial charge in [0, 0.05) is 24.4 Å². The Labute approximate surface area is 131 Å². The molecule has 0 unspecified atom stereocenters. The van der Waals surface area contributed by atoms with Gasteiger partial charge in [0.1, 0.15) is 5.82 Å². The molecule has 0 aliphatic rings. The fourth-order valence-corrected chi connectivity index (χ4v) is 4.71. The Morgan fingerprint density at radius 3 is 2.65 bits per heavy atom. The van der Waals surface area contributed by atoms with Crippen molar-refractivity contribution in [3.05, 3.63) is 32.8 Å². The predicted molar refractivity (Wildman–Crippen MR) is 83.3 cm³/mol. The summed E-state index contributed by atoms with van der Waals surface area (Å²) in [5.41, 5.74) is 0. The van der Waals surface area contributed by atoms with Gasteiger partial charge in [-0.15, -0.1) is 11.3 Å². The minimum absolute atomic E-state index is 0.159. The predicted octanol–water partition coefficient (Wildman–Crippen LogP) is 3.01. The molecule has 0 atom stereocenters. The summed E-state index contributed by atoms with van der Waals surface area (Å²) in [6.07, 6.45) is 2.07. The van der Waals surface area contributed by atoms with Crippen molar-refractivity contribution in [1.82, 2.24) is 14.3 Å². The van der Waals surface area contributed by atoms with Crippen LogP contribution in [0, 0.1) is 0 Å². The number of H-pyrrole nitrogens is 1. The molecule has 0 saturated heterocycles. The summed E-state index contributed by atoms with van der Waals surface area (Å²) >= 11 is 4.92. The first-order valence-corrected chi connectivity index (χ1v) is 9.30. The van der Waals surface area contributed by atoms with Gasteiger partial charge in [-0.2, -0.15) is 4.31 Å². The molecule has 8 heteroatoms. The molecule has 0 saturated carbocycles. The molecule has 2 rings (SSSR count). The van der Waals surface area contributed by atoms with E-state index in [0.29, 0.717) is 25.3 Å². The first-order chi connectivity index (χ1) is 9.47. The average molecular weight is 378 g/mol. The number of thiophene rings is 1. The summed E-state index contributed by atoms with van der Waals surface area (Å²) in [4.78, 5) is 7.92. The van der Waals surface area contributed by atoms with Crippen LogP contribution in [0.5, 0.6) is 0 Å². The molecule has 0 spiro atoms. The van der Waals surface area contributed by atoms with Crippen molar-refractivity contribution in [1.29, 1.82) is 0 Å². The van der Waals surface area contributed by atoms with E-state index in [1.54, 1.807) is 0 Å². The Kier molecular flexibility index (Phi) is 5.00. The molecule has 2 heterocycles. The molecular weight excluding hydrogens is 362 g/mol. The Balaban J connectivity index is 2.25. The van der Waals surface area contributed by atoms with Crippen LogP contribution in [0.15, 0.2) is 27.1 Å². The van der Waals surface area contributed by atoms with Crippen LogP contribution in [0.4, 0.5) is 0 Å². The Bertz CT molecular complexity index is 678. The van der Waals surface area contributed by atoms with Gasteiger partial charge in [0.05, 0.1) is 9.98 Å². The molecule has 0 bridgehead atoms. The van der Waals surface area contributed by atoms with E-state index in [4.69, 9.17) is 0 Å². The fraction of sp³-hybridized carbons (Fsp3) is 0.417. The third-order valence-corrected chi connectivity index (χ3v) is 6.31. The summed E-state index contributed by atoms with van der Waals surface area (Å²) in [7, 11) is -3.52. The number of rotatable bonds is 6. The second-order valence-electron chi connectivity index (χ2n) is 4.18. The summed E-state index contributed by atoms with van der Waals surface area (Å²) in [6.45, 7) is 4.54. The highest BCUT2D eigenvalue weighted by atomic mass is 79.9. The van der Waals surface area contributed by atoms with Crippen LogP contribution < -0.4 is 0 Å². The quantitative estimate of drug-likeness (QED) is 0.840. The van der Waals surface area contributed by atoms with Crippen LogP contribution in [-0.2, 0) is 23.0 Å². The summed E-state index contributed by atoms with van der Waals surface area (Å²) in [6, 6.07) is 3.85. The van der Waals surface area contributed by atoms with Crippen LogP contribution in [-0.4, -0.2) is 29.2 Å². The number of aromatic amines is 1. The van der Waals surface area contributed by atoms with Gasteiger partial charge in [-0.1, -0.05) is 13.8 Å². The molecule has 0 aromatic carbocycles. The van der Waals surface area contributed by atoms with E-state index < -0.39 is 10.0 Å². The number of nitrogens with one attached hydrogen (secondary N) is 1. The van der Waals surface area contributed by atoms with Crippen LogP contribution in [0.2, 0.25) is 0 Å². The topological polar surface area (TPSA) is 66.1 Å². The zero-order valence-corrected chi connectivity index (χ0v) is 14.5. The standard InChI is InChI=1S/C12H16BrN3O2S2/c1-3-11-14-7-12(15-11)20(17,18)16(4-2)8-9-5-6-10(13)19-9/h5-7H,3-4,8H2,1-2H3,(H,14,15). The van der Waals surface area contributed by atoms with Crippen molar-refractivity contribution >= 4 is 37.3 Å². The molecule has 0 aliphatic heterocycles. The van der Waals surface area contributed by atoms with Gasteiger partial charge in [-0.05, 0) is 28.1 Å². The zero-order chi connectivity index (χ0) is 14.8. The van der Waals surface area contributed by atoms with E-state index in [2.05, 4.69) is 25.9 Å². The monoisotopic (exact) mass is 377 g/mol. The second-order valence-corrected chi connectivity index (χ2v) is 8.64. The van der Waals surface area contributed by atoms with E-state index in [-0.39, 0.29) is 5.03 Å². The molecule has 0 amide bonds. The van der Waals surface area contributed by atoms with Gasteiger partial charge in [-0.3, -0.25) is 0 Å². The lowest BCUT2D eigenvalue weighted by Crippen LogP contribution is -2.30. The van der Waals surface area contributed by atoms with E-state index in [1.807, 2.05) is 26.0 Å². The van der Waals surface area contributed by atoms with Crippen molar-refractivity contribution in [2.75, 3.05) is 6.54 Å². The lowest BCUT2D eigenvalue weighted by Gasteiger charge is -2.18. The third-order valence-electron chi connectivity index (χ3n) is 2.87. The van der Waals surface area contributed by atoms with Gasteiger partial charge in [0.25, 0.3) is 10.0 Å². The average Bonchev–Trinajstić information content (AvgIpc) is 3.04. The number of halogens is 1. The smallest absolute Gasteiger partial charge is 0.260 e. The Morgan fingerprint density at radius 1 is 1.40 bits per heavy atom. The first-order valence-electron chi connectivity index (χ1n) is 6.25. The summed E-state index contributed by atoms with van der Waals surface area (Å²) < 4.78 is 27.5. The molecule has 2 aromatic heterocycles. The van der Waals surface area contributed by atoms with Crippen molar-refractivity contribution in [2.24, 2.45) is 0 Å². The van der Waals surface area contributed by atoms with Crippen molar-refractivity contribution in [3.63, 3.8) is 0 Å². The number of nitrogens with zero attached hydrogens (tertiary/aromatic N) is 2. The lowest BCUT2D eigenvalue weighted by molar-refractivity contribution is 0.424. The molecule has 110 valence electrons. The van der Waals surface area contributed by atoms with Gasteiger partial charge >= 0.3 is 0 Å². The van der Waals surface area contributed by atoms with Gasteiger partial charge in [0.15, 0.2) is 5.03 Å². The summed E-state index contributed by atoms with van der Waals surface area (Å²) in [5.74, 6) is 0.679. The number of hydrogen-bond donors (Lipinski definition) is 1. The number of aromatic nitrogens is 2. The van der Waals surface area contributed by atoms with Crippen molar-refractivity contribution < 1.29 is 8.42 Å². The van der Waals surface area contributed by atoms with Gasteiger partial charge in [0.2, 0.25) is 0 Å². The van der Waals surface area contributed by atoms with E-state index in [9.17, 15) is 8.42 Å². The zero-order valence-electron chi connectivity index (χ0n) is 11.3. The highest BCUT2D eigenvalue weighted by Gasteiger charge is 2.25. The van der Waals surface area contributed by atoms with Gasteiger partial charge < -0.3 is 4.98 Å². The largest absolute Gasteiger partial charge is 0.332 e. The maximum absolute atomic E-state index is 12.6. The molecule has 0 fully saturated rings. The molecule has 2 aromatic rings. The molecule has 0 radical (unpaired) electrons. The minimum Gasteiger partial charge on any atom is -0.332 e. The van der Waals surface area contributed by atoms with Crippen LogP contribution in [0.1, 0.15) is 24.5 Å². The number of imidazole rings is 1. The Morgan fingerprint density at radius 2 is 2.15 bits per heavy atom. The van der Waals surface area contributed by atoms with Crippen LogP contribution in [0.25, 0.3) is 0 Å². The maximum Gasteiger partial charge on any atom is 0.260 e. The van der Waals surface area contributed by atoms with Gasteiger partial charge in [-0.25, -0.2) is 13.4 Å². The first kappa shape index (κ1) is 15.7.